The van der Waals surface area contributed by atoms with Crippen LogP contribution in [-0.2, 0) is 9.53 Å². The molecule has 2 rings (SSSR count). The highest BCUT2D eigenvalue weighted by molar-refractivity contribution is 5.47. The topological polar surface area (TPSA) is 32.8 Å². The van der Waals surface area contributed by atoms with E-state index in [1.165, 1.54) is 32.4 Å². The van der Waals surface area contributed by atoms with Crippen LogP contribution in [0.2, 0.25) is 0 Å². The Bertz CT molecular complexity index is 221. The van der Waals surface area contributed by atoms with Gasteiger partial charge in [-0.3, -0.25) is 4.79 Å². The third kappa shape index (κ3) is 4.28. The van der Waals surface area contributed by atoms with Crippen molar-refractivity contribution < 1.29 is 9.53 Å². The molecule has 98 valence electrons. The molecule has 2 saturated heterocycles. The van der Waals surface area contributed by atoms with Crippen LogP contribution in [0.15, 0.2) is 0 Å². The monoisotopic (exact) mass is 240 g/mol. The van der Waals surface area contributed by atoms with Gasteiger partial charge in [0, 0.05) is 19.6 Å². The lowest BCUT2D eigenvalue weighted by Crippen LogP contribution is -2.38. The minimum absolute atomic E-state index is 0.371. The number of ether oxygens (including phenoxy) is 1. The first-order chi connectivity index (χ1) is 8.38. The standard InChI is InChI=1S/C13H24N2O2/c16-12-15-8-4-13(5-9-15)17-11-10-14-6-2-1-3-7-14/h12-13H,1-11H2. The van der Waals surface area contributed by atoms with Crippen LogP contribution in [0.5, 0.6) is 0 Å². The Kier molecular flexibility index (Phi) is 5.26. The molecular formula is C13H24N2O2. The Morgan fingerprint density at radius 2 is 1.76 bits per heavy atom. The summed E-state index contributed by atoms with van der Waals surface area (Å²) in [6.07, 6.45) is 7.40. The first kappa shape index (κ1) is 12.8. The van der Waals surface area contributed by atoms with Crippen molar-refractivity contribution in [2.75, 3.05) is 39.3 Å². The molecule has 2 fully saturated rings. The summed E-state index contributed by atoms with van der Waals surface area (Å²) < 4.78 is 5.89. The molecule has 2 aliphatic rings. The third-order valence-electron chi connectivity index (χ3n) is 3.84. The van der Waals surface area contributed by atoms with Gasteiger partial charge in [0.1, 0.15) is 0 Å². The molecule has 2 heterocycles. The molecule has 0 saturated carbocycles. The summed E-state index contributed by atoms with van der Waals surface area (Å²) in [6, 6.07) is 0. The van der Waals surface area contributed by atoms with Crippen LogP contribution in [0.25, 0.3) is 0 Å². The Morgan fingerprint density at radius 3 is 2.41 bits per heavy atom. The largest absolute Gasteiger partial charge is 0.377 e. The number of nitrogens with zero attached hydrogens (tertiary/aromatic N) is 2. The average Bonchev–Trinajstić information content (AvgIpc) is 2.41. The number of carbonyl (C=O) groups is 1. The second kappa shape index (κ2) is 6.97. The van der Waals surface area contributed by atoms with Crippen molar-refractivity contribution in [3.8, 4) is 0 Å². The van der Waals surface area contributed by atoms with E-state index in [4.69, 9.17) is 4.74 Å². The zero-order valence-electron chi connectivity index (χ0n) is 10.6. The second-order valence-corrected chi connectivity index (χ2v) is 5.11. The highest BCUT2D eigenvalue weighted by Crippen LogP contribution is 2.13. The van der Waals surface area contributed by atoms with Crippen molar-refractivity contribution in [3.05, 3.63) is 0 Å². The van der Waals surface area contributed by atoms with Crippen molar-refractivity contribution in [3.63, 3.8) is 0 Å². The number of hydrogen-bond donors (Lipinski definition) is 0. The summed E-state index contributed by atoms with van der Waals surface area (Å²) in [4.78, 5) is 14.9. The molecule has 1 amide bonds. The highest BCUT2D eigenvalue weighted by Gasteiger charge is 2.18. The van der Waals surface area contributed by atoms with Crippen LogP contribution < -0.4 is 0 Å². The SMILES string of the molecule is O=CN1CCC(OCCN2CCCCC2)CC1. The summed E-state index contributed by atoms with van der Waals surface area (Å²) >= 11 is 0. The van der Waals surface area contributed by atoms with E-state index in [9.17, 15) is 4.79 Å². The summed E-state index contributed by atoms with van der Waals surface area (Å²) in [7, 11) is 0. The maximum absolute atomic E-state index is 10.6. The average molecular weight is 240 g/mol. The molecule has 0 atom stereocenters. The molecule has 0 bridgehead atoms. The molecule has 4 heteroatoms. The minimum atomic E-state index is 0.371. The fourth-order valence-corrected chi connectivity index (χ4v) is 2.68. The predicted molar refractivity (Wildman–Crippen MR) is 66.9 cm³/mol. The Balaban J connectivity index is 1.54. The minimum Gasteiger partial charge on any atom is -0.377 e. The van der Waals surface area contributed by atoms with Crippen LogP contribution >= 0.6 is 0 Å². The van der Waals surface area contributed by atoms with Crippen LogP contribution in [0.3, 0.4) is 0 Å². The third-order valence-corrected chi connectivity index (χ3v) is 3.84. The molecule has 4 nitrogen and oxygen atoms in total. The molecule has 0 aliphatic carbocycles. The number of carbonyl (C=O) groups excluding carboxylic acids is 1. The first-order valence-electron chi connectivity index (χ1n) is 6.92. The molecule has 0 spiro atoms. The zero-order valence-corrected chi connectivity index (χ0v) is 10.6. The maximum Gasteiger partial charge on any atom is 0.209 e. The van der Waals surface area contributed by atoms with Gasteiger partial charge in [0.15, 0.2) is 0 Å². The lowest BCUT2D eigenvalue weighted by atomic mass is 10.1. The Labute approximate surface area is 104 Å². The van der Waals surface area contributed by atoms with Crippen LogP contribution in [0.1, 0.15) is 32.1 Å². The summed E-state index contributed by atoms with van der Waals surface area (Å²) in [5.41, 5.74) is 0. The van der Waals surface area contributed by atoms with Gasteiger partial charge in [-0.25, -0.2) is 0 Å². The molecule has 0 aromatic carbocycles. The van der Waals surface area contributed by atoms with Gasteiger partial charge in [-0.05, 0) is 38.8 Å². The number of likely N-dealkylation sites (tertiary alicyclic amines) is 2. The first-order valence-corrected chi connectivity index (χ1v) is 6.92. The Morgan fingerprint density at radius 1 is 1.06 bits per heavy atom. The van der Waals surface area contributed by atoms with E-state index < -0.39 is 0 Å². The molecule has 0 aromatic rings. The molecular weight excluding hydrogens is 216 g/mol. The lowest BCUT2D eigenvalue weighted by molar-refractivity contribution is -0.120. The summed E-state index contributed by atoms with van der Waals surface area (Å²) in [5, 5.41) is 0. The summed E-state index contributed by atoms with van der Waals surface area (Å²) in [6.45, 7) is 6.13. The van der Waals surface area contributed by atoms with Crippen molar-refractivity contribution >= 4 is 6.41 Å². The normalized spacial score (nSPS) is 23.9. The maximum atomic E-state index is 10.6. The molecule has 0 unspecified atom stereocenters. The number of amides is 1. The van der Waals surface area contributed by atoms with Gasteiger partial charge in [0.2, 0.25) is 6.41 Å². The van der Waals surface area contributed by atoms with Gasteiger partial charge in [-0.1, -0.05) is 6.42 Å². The molecule has 0 N–H and O–H groups in total. The van der Waals surface area contributed by atoms with Gasteiger partial charge >= 0.3 is 0 Å². The second-order valence-electron chi connectivity index (χ2n) is 5.11. The lowest BCUT2D eigenvalue weighted by Gasteiger charge is -2.31. The van der Waals surface area contributed by atoms with Gasteiger partial charge < -0.3 is 14.5 Å². The quantitative estimate of drug-likeness (QED) is 0.675. The zero-order chi connectivity index (χ0) is 11.9. The van der Waals surface area contributed by atoms with Gasteiger partial charge in [-0.2, -0.15) is 0 Å². The van der Waals surface area contributed by atoms with Gasteiger partial charge in [0.25, 0.3) is 0 Å². The highest BCUT2D eigenvalue weighted by atomic mass is 16.5. The molecule has 17 heavy (non-hydrogen) atoms. The van der Waals surface area contributed by atoms with Crippen molar-refractivity contribution in [2.45, 2.75) is 38.2 Å². The van der Waals surface area contributed by atoms with Gasteiger partial charge in [-0.15, -0.1) is 0 Å². The Hall–Kier alpha value is -0.610. The van der Waals surface area contributed by atoms with Crippen molar-refractivity contribution in [1.29, 1.82) is 0 Å². The predicted octanol–water partition coefficient (Wildman–Crippen LogP) is 1.11. The van der Waals surface area contributed by atoms with Crippen LogP contribution in [0, 0.1) is 0 Å². The smallest absolute Gasteiger partial charge is 0.209 e. The fourth-order valence-electron chi connectivity index (χ4n) is 2.68. The summed E-state index contributed by atoms with van der Waals surface area (Å²) in [5.74, 6) is 0. The van der Waals surface area contributed by atoms with E-state index in [0.29, 0.717) is 6.10 Å². The van der Waals surface area contributed by atoms with E-state index in [0.717, 1.165) is 45.5 Å². The van der Waals surface area contributed by atoms with Crippen molar-refractivity contribution in [2.24, 2.45) is 0 Å². The number of piperidine rings is 2. The fraction of sp³-hybridized carbons (Fsp3) is 0.923. The van der Waals surface area contributed by atoms with Crippen LogP contribution in [0.4, 0.5) is 0 Å². The van der Waals surface area contributed by atoms with Crippen LogP contribution in [-0.4, -0.2) is 61.6 Å². The molecule has 2 aliphatic heterocycles. The van der Waals surface area contributed by atoms with E-state index in [-0.39, 0.29) is 0 Å². The number of hydrogen-bond acceptors (Lipinski definition) is 3. The van der Waals surface area contributed by atoms with E-state index in [2.05, 4.69) is 4.90 Å². The molecule has 0 radical (unpaired) electrons. The van der Waals surface area contributed by atoms with Gasteiger partial charge in [0.05, 0.1) is 12.7 Å². The number of rotatable bonds is 5. The van der Waals surface area contributed by atoms with E-state index in [1.807, 2.05) is 4.90 Å². The van der Waals surface area contributed by atoms with Crippen molar-refractivity contribution in [1.82, 2.24) is 9.80 Å². The van der Waals surface area contributed by atoms with E-state index in [1.54, 1.807) is 0 Å². The van der Waals surface area contributed by atoms with E-state index >= 15 is 0 Å². The molecule has 0 aromatic heterocycles.